The molecular formula is C9H13BrN4OS. The maximum atomic E-state index is 12.0. The van der Waals surface area contributed by atoms with E-state index in [1.807, 2.05) is 11.8 Å². The molecule has 2 heterocycles. The Bertz CT molecular complexity index is 377. The molecule has 1 aromatic heterocycles. The van der Waals surface area contributed by atoms with Gasteiger partial charge in [0.1, 0.15) is 6.04 Å². The Labute approximate surface area is 106 Å². The summed E-state index contributed by atoms with van der Waals surface area (Å²) in [7, 11) is 0. The Morgan fingerprint density at radius 2 is 2.19 bits per heavy atom. The minimum atomic E-state index is -0.238. The van der Waals surface area contributed by atoms with Gasteiger partial charge in [0.2, 0.25) is 11.0 Å². The largest absolute Gasteiger partial charge is 0.349 e. The van der Waals surface area contributed by atoms with Gasteiger partial charge in [0.25, 0.3) is 0 Å². The summed E-state index contributed by atoms with van der Waals surface area (Å²) in [5, 5.41) is 11.5. The van der Waals surface area contributed by atoms with Gasteiger partial charge in [-0.2, -0.15) is 0 Å². The van der Waals surface area contributed by atoms with Crippen LogP contribution in [0.3, 0.4) is 0 Å². The Balaban J connectivity index is 1.91. The quantitative estimate of drug-likeness (QED) is 0.924. The SMILES string of the molecule is CC(Nc1nnc(Br)s1)C(=O)N1CCCC1. The van der Waals surface area contributed by atoms with E-state index in [2.05, 4.69) is 31.4 Å². The van der Waals surface area contributed by atoms with E-state index in [-0.39, 0.29) is 11.9 Å². The van der Waals surface area contributed by atoms with Gasteiger partial charge in [-0.1, -0.05) is 11.3 Å². The molecule has 1 aliphatic rings. The fraction of sp³-hybridized carbons (Fsp3) is 0.667. The van der Waals surface area contributed by atoms with Gasteiger partial charge in [-0.25, -0.2) is 0 Å². The molecule has 5 nitrogen and oxygen atoms in total. The van der Waals surface area contributed by atoms with Crippen LogP contribution in [-0.4, -0.2) is 40.1 Å². The monoisotopic (exact) mass is 304 g/mol. The van der Waals surface area contributed by atoms with Crippen LogP contribution in [0.25, 0.3) is 0 Å². The number of hydrogen-bond donors (Lipinski definition) is 1. The van der Waals surface area contributed by atoms with Crippen molar-refractivity contribution >= 4 is 38.3 Å². The van der Waals surface area contributed by atoms with Crippen molar-refractivity contribution in [3.05, 3.63) is 3.92 Å². The van der Waals surface area contributed by atoms with Crippen LogP contribution >= 0.6 is 27.3 Å². The van der Waals surface area contributed by atoms with Crippen molar-refractivity contribution in [2.75, 3.05) is 18.4 Å². The molecule has 7 heteroatoms. The first-order valence-electron chi connectivity index (χ1n) is 5.21. The van der Waals surface area contributed by atoms with E-state index in [4.69, 9.17) is 0 Å². The summed E-state index contributed by atoms with van der Waals surface area (Å²) in [5.74, 6) is 0.142. The van der Waals surface area contributed by atoms with Gasteiger partial charge in [-0.3, -0.25) is 4.79 Å². The van der Waals surface area contributed by atoms with Crippen LogP contribution < -0.4 is 5.32 Å². The molecule has 1 amide bonds. The molecule has 1 unspecified atom stereocenters. The number of halogens is 1. The van der Waals surface area contributed by atoms with Gasteiger partial charge in [-0.15, -0.1) is 10.2 Å². The summed E-state index contributed by atoms with van der Waals surface area (Å²) in [6.45, 7) is 3.62. The molecule has 88 valence electrons. The van der Waals surface area contributed by atoms with Gasteiger partial charge in [0.05, 0.1) is 0 Å². The van der Waals surface area contributed by atoms with Gasteiger partial charge >= 0.3 is 0 Å². The first kappa shape index (κ1) is 11.8. The van der Waals surface area contributed by atoms with Crippen molar-refractivity contribution in [2.45, 2.75) is 25.8 Å². The average molecular weight is 305 g/mol. The molecular weight excluding hydrogens is 292 g/mol. The highest BCUT2D eigenvalue weighted by Gasteiger charge is 2.23. The molecule has 0 saturated carbocycles. The lowest BCUT2D eigenvalue weighted by Crippen LogP contribution is -2.39. The predicted molar refractivity (Wildman–Crippen MR) is 66.5 cm³/mol. The third-order valence-corrected chi connectivity index (χ3v) is 3.82. The van der Waals surface area contributed by atoms with Crippen LogP contribution in [0.15, 0.2) is 3.92 Å². The maximum Gasteiger partial charge on any atom is 0.244 e. The fourth-order valence-corrected chi connectivity index (χ4v) is 2.82. The lowest BCUT2D eigenvalue weighted by Gasteiger charge is -2.20. The molecule has 1 aliphatic heterocycles. The smallest absolute Gasteiger partial charge is 0.244 e. The zero-order valence-electron chi connectivity index (χ0n) is 8.94. The summed E-state index contributed by atoms with van der Waals surface area (Å²) in [6.07, 6.45) is 2.23. The van der Waals surface area contributed by atoms with E-state index in [1.165, 1.54) is 11.3 Å². The van der Waals surface area contributed by atoms with E-state index >= 15 is 0 Å². The molecule has 2 rings (SSSR count). The van der Waals surface area contributed by atoms with Crippen molar-refractivity contribution in [1.82, 2.24) is 15.1 Å². The number of nitrogens with one attached hydrogen (secondary N) is 1. The van der Waals surface area contributed by atoms with Crippen molar-refractivity contribution in [1.29, 1.82) is 0 Å². The Morgan fingerprint density at radius 1 is 1.50 bits per heavy atom. The molecule has 0 radical (unpaired) electrons. The van der Waals surface area contributed by atoms with Crippen LogP contribution in [0.2, 0.25) is 0 Å². The first-order valence-corrected chi connectivity index (χ1v) is 6.82. The number of carbonyl (C=O) groups excluding carboxylic acids is 1. The molecule has 0 aromatic carbocycles. The summed E-state index contributed by atoms with van der Waals surface area (Å²) in [5.41, 5.74) is 0. The topological polar surface area (TPSA) is 58.1 Å². The minimum absolute atomic E-state index is 0.142. The van der Waals surface area contributed by atoms with Gasteiger partial charge in [0.15, 0.2) is 3.92 Å². The van der Waals surface area contributed by atoms with Gasteiger partial charge < -0.3 is 10.2 Å². The van der Waals surface area contributed by atoms with Gasteiger partial charge in [0, 0.05) is 13.1 Å². The molecule has 0 spiro atoms. The zero-order valence-corrected chi connectivity index (χ0v) is 11.3. The number of amides is 1. The molecule has 0 aliphatic carbocycles. The first-order chi connectivity index (χ1) is 7.66. The third-order valence-electron chi connectivity index (χ3n) is 2.53. The van der Waals surface area contributed by atoms with E-state index in [0.29, 0.717) is 5.13 Å². The standard InChI is InChI=1S/C9H13BrN4OS/c1-6(7(15)14-4-2-3-5-14)11-9-13-12-8(10)16-9/h6H,2-5H2,1H3,(H,11,13). The van der Waals surface area contributed by atoms with Gasteiger partial charge in [-0.05, 0) is 35.7 Å². The van der Waals surface area contributed by atoms with E-state index in [1.54, 1.807) is 0 Å². The second-order valence-electron chi connectivity index (χ2n) is 3.76. The molecule has 1 aromatic rings. The molecule has 1 saturated heterocycles. The Hall–Kier alpha value is -0.690. The second-order valence-corrected chi connectivity index (χ2v) is 6.01. The minimum Gasteiger partial charge on any atom is -0.349 e. The van der Waals surface area contributed by atoms with Crippen molar-refractivity contribution in [2.24, 2.45) is 0 Å². The molecule has 0 bridgehead atoms. The Kier molecular flexibility index (Phi) is 3.75. The van der Waals surface area contributed by atoms with Crippen LogP contribution in [0.1, 0.15) is 19.8 Å². The van der Waals surface area contributed by atoms with Crippen LogP contribution in [0.4, 0.5) is 5.13 Å². The number of rotatable bonds is 3. The lowest BCUT2D eigenvalue weighted by molar-refractivity contribution is -0.130. The summed E-state index contributed by atoms with van der Waals surface area (Å²) >= 11 is 4.62. The summed E-state index contributed by atoms with van der Waals surface area (Å²) in [4.78, 5) is 13.9. The lowest BCUT2D eigenvalue weighted by atomic mass is 10.3. The van der Waals surface area contributed by atoms with E-state index in [9.17, 15) is 4.79 Å². The highest BCUT2D eigenvalue weighted by atomic mass is 79.9. The molecule has 1 atom stereocenters. The normalized spacial score (nSPS) is 17.5. The summed E-state index contributed by atoms with van der Waals surface area (Å²) in [6, 6.07) is -0.238. The second kappa shape index (κ2) is 5.09. The average Bonchev–Trinajstić information content (AvgIpc) is 2.88. The third kappa shape index (κ3) is 2.70. The number of anilines is 1. The van der Waals surface area contributed by atoms with Crippen LogP contribution in [-0.2, 0) is 4.79 Å². The van der Waals surface area contributed by atoms with Crippen LogP contribution in [0, 0.1) is 0 Å². The van der Waals surface area contributed by atoms with Crippen LogP contribution in [0.5, 0.6) is 0 Å². The number of likely N-dealkylation sites (tertiary alicyclic amines) is 1. The Morgan fingerprint density at radius 3 is 2.75 bits per heavy atom. The van der Waals surface area contributed by atoms with E-state index in [0.717, 1.165) is 29.8 Å². The summed E-state index contributed by atoms with van der Waals surface area (Å²) < 4.78 is 0.718. The number of carbonyl (C=O) groups is 1. The fourth-order valence-electron chi connectivity index (χ4n) is 1.72. The molecule has 1 N–H and O–H groups in total. The van der Waals surface area contributed by atoms with Crippen molar-refractivity contribution < 1.29 is 4.79 Å². The highest BCUT2D eigenvalue weighted by Crippen LogP contribution is 2.21. The van der Waals surface area contributed by atoms with Crippen molar-refractivity contribution in [3.63, 3.8) is 0 Å². The van der Waals surface area contributed by atoms with Crippen molar-refractivity contribution in [3.8, 4) is 0 Å². The zero-order chi connectivity index (χ0) is 11.5. The molecule has 16 heavy (non-hydrogen) atoms. The maximum absolute atomic E-state index is 12.0. The number of nitrogens with zero attached hydrogens (tertiary/aromatic N) is 3. The number of aromatic nitrogens is 2. The predicted octanol–water partition coefficient (Wildman–Crippen LogP) is 1.72. The van der Waals surface area contributed by atoms with E-state index < -0.39 is 0 Å². The highest BCUT2D eigenvalue weighted by molar-refractivity contribution is 9.11. The molecule has 1 fully saturated rings. The number of hydrogen-bond acceptors (Lipinski definition) is 5.